The maximum Gasteiger partial charge on any atom is 0.411 e. The first-order chi connectivity index (χ1) is 12.1. The molecule has 0 aromatic heterocycles. The Morgan fingerprint density at radius 2 is 1.68 bits per heavy atom. The molecule has 25 heavy (non-hydrogen) atoms. The third kappa shape index (κ3) is 6.55. The molecule has 6 nitrogen and oxygen atoms in total. The Labute approximate surface area is 147 Å². The lowest BCUT2D eigenvalue weighted by Gasteiger charge is -2.15. The molecule has 2 rings (SSSR count). The van der Waals surface area contributed by atoms with Crippen molar-refractivity contribution in [3.8, 4) is 0 Å². The molecule has 3 N–H and O–H groups in total. The molecule has 0 saturated heterocycles. The number of methoxy groups -OCH3 is 1. The first-order valence-corrected chi connectivity index (χ1v) is 8.13. The Kier molecular flexibility index (Phi) is 6.83. The van der Waals surface area contributed by atoms with E-state index in [1.54, 1.807) is 24.3 Å². The van der Waals surface area contributed by atoms with Crippen molar-refractivity contribution < 1.29 is 14.3 Å². The Morgan fingerprint density at radius 1 is 1.00 bits per heavy atom. The number of anilines is 2. The molecule has 0 saturated carbocycles. The number of ether oxygens (including phenoxy) is 1. The summed E-state index contributed by atoms with van der Waals surface area (Å²) in [5, 5.41) is 8.22. The first kappa shape index (κ1) is 18.3. The summed E-state index contributed by atoms with van der Waals surface area (Å²) >= 11 is 0. The van der Waals surface area contributed by atoms with Gasteiger partial charge in [-0.2, -0.15) is 0 Å². The SMILES string of the molecule is COC(=O)Nc1cccc(NC(=O)NC(C)CCc2ccccc2)c1. The van der Waals surface area contributed by atoms with Crippen LogP contribution in [0.4, 0.5) is 21.0 Å². The Bertz CT molecular complexity index is 704. The Morgan fingerprint density at radius 3 is 2.36 bits per heavy atom. The zero-order valence-electron chi connectivity index (χ0n) is 14.4. The van der Waals surface area contributed by atoms with Crippen LogP contribution < -0.4 is 16.0 Å². The summed E-state index contributed by atoms with van der Waals surface area (Å²) in [6.07, 6.45) is 1.19. The number of carbonyl (C=O) groups is 2. The highest BCUT2D eigenvalue weighted by atomic mass is 16.5. The zero-order valence-corrected chi connectivity index (χ0v) is 14.4. The molecule has 132 valence electrons. The molecule has 2 aromatic carbocycles. The second-order valence-corrected chi connectivity index (χ2v) is 5.72. The van der Waals surface area contributed by atoms with Gasteiger partial charge in [0.1, 0.15) is 0 Å². The highest BCUT2D eigenvalue weighted by Crippen LogP contribution is 2.15. The van der Waals surface area contributed by atoms with E-state index in [1.807, 2.05) is 25.1 Å². The maximum atomic E-state index is 12.1. The predicted octanol–water partition coefficient (Wildman–Crippen LogP) is 4.01. The van der Waals surface area contributed by atoms with Crippen molar-refractivity contribution in [2.24, 2.45) is 0 Å². The van der Waals surface area contributed by atoms with E-state index < -0.39 is 6.09 Å². The third-order valence-corrected chi connectivity index (χ3v) is 3.64. The van der Waals surface area contributed by atoms with Crippen molar-refractivity contribution in [1.29, 1.82) is 0 Å². The van der Waals surface area contributed by atoms with Gasteiger partial charge < -0.3 is 15.4 Å². The molecular formula is C19H23N3O3. The largest absolute Gasteiger partial charge is 0.453 e. The molecule has 0 bridgehead atoms. The Balaban J connectivity index is 1.81. The van der Waals surface area contributed by atoms with Gasteiger partial charge in [0.05, 0.1) is 7.11 Å². The van der Waals surface area contributed by atoms with Crippen molar-refractivity contribution in [3.05, 3.63) is 60.2 Å². The van der Waals surface area contributed by atoms with Gasteiger partial charge in [-0.1, -0.05) is 36.4 Å². The molecule has 0 aliphatic rings. The van der Waals surface area contributed by atoms with Crippen LogP contribution in [0, 0.1) is 0 Å². The van der Waals surface area contributed by atoms with Crippen LogP contribution in [0.3, 0.4) is 0 Å². The van der Waals surface area contributed by atoms with Crippen molar-refractivity contribution in [2.45, 2.75) is 25.8 Å². The number of amides is 3. The van der Waals surface area contributed by atoms with Crippen molar-refractivity contribution in [3.63, 3.8) is 0 Å². The number of hydrogen-bond donors (Lipinski definition) is 3. The number of urea groups is 1. The highest BCUT2D eigenvalue weighted by Gasteiger charge is 2.08. The molecule has 0 aliphatic carbocycles. The minimum Gasteiger partial charge on any atom is -0.453 e. The van der Waals surface area contributed by atoms with Crippen LogP contribution >= 0.6 is 0 Å². The van der Waals surface area contributed by atoms with E-state index >= 15 is 0 Å². The third-order valence-electron chi connectivity index (χ3n) is 3.64. The summed E-state index contributed by atoms with van der Waals surface area (Å²) in [5.74, 6) is 0. The van der Waals surface area contributed by atoms with Crippen molar-refractivity contribution in [2.75, 3.05) is 17.7 Å². The fourth-order valence-corrected chi connectivity index (χ4v) is 2.33. The number of rotatable bonds is 6. The van der Waals surface area contributed by atoms with E-state index in [1.165, 1.54) is 12.7 Å². The summed E-state index contributed by atoms with van der Waals surface area (Å²) in [5.41, 5.74) is 2.38. The quantitative estimate of drug-likeness (QED) is 0.743. The van der Waals surface area contributed by atoms with E-state index in [2.05, 4.69) is 32.8 Å². The second kappa shape index (κ2) is 9.32. The summed E-state index contributed by atoms with van der Waals surface area (Å²) in [7, 11) is 1.29. The fourth-order valence-electron chi connectivity index (χ4n) is 2.33. The molecule has 0 aliphatic heterocycles. The van der Waals surface area contributed by atoms with Crippen LogP contribution in [0.5, 0.6) is 0 Å². The zero-order chi connectivity index (χ0) is 18.1. The summed E-state index contributed by atoms with van der Waals surface area (Å²) in [4.78, 5) is 23.3. The van der Waals surface area contributed by atoms with E-state index in [-0.39, 0.29) is 12.1 Å². The molecule has 0 fully saturated rings. The van der Waals surface area contributed by atoms with E-state index in [9.17, 15) is 9.59 Å². The van der Waals surface area contributed by atoms with Gasteiger partial charge in [-0.05, 0) is 43.5 Å². The predicted molar refractivity (Wildman–Crippen MR) is 98.8 cm³/mol. The van der Waals surface area contributed by atoms with Crippen LogP contribution in [0.2, 0.25) is 0 Å². The first-order valence-electron chi connectivity index (χ1n) is 8.13. The minimum atomic E-state index is -0.559. The monoisotopic (exact) mass is 341 g/mol. The van der Waals surface area contributed by atoms with Crippen LogP contribution in [0.1, 0.15) is 18.9 Å². The summed E-state index contributed by atoms with van der Waals surface area (Å²) in [6, 6.07) is 16.8. The number of hydrogen-bond acceptors (Lipinski definition) is 3. The van der Waals surface area contributed by atoms with Gasteiger partial charge in [-0.25, -0.2) is 9.59 Å². The van der Waals surface area contributed by atoms with Gasteiger partial charge in [0.2, 0.25) is 0 Å². The number of benzene rings is 2. The van der Waals surface area contributed by atoms with Gasteiger partial charge in [0.15, 0.2) is 0 Å². The van der Waals surface area contributed by atoms with Gasteiger partial charge >= 0.3 is 12.1 Å². The fraction of sp³-hybridized carbons (Fsp3) is 0.263. The van der Waals surface area contributed by atoms with Crippen LogP contribution in [-0.4, -0.2) is 25.3 Å². The lowest BCUT2D eigenvalue weighted by Crippen LogP contribution is -2.36. The van der Waals surface area contributed by atoms with Gasteiger partial charge in [0, 0.05) is 17.4 Å². The summed E-state index contributed by atoms with van der Waals surface area (Å²) in [6.45, 7) is 1.97. The van der Waals surface area contributed by atoms with E-state index in [0.29, 0.717) is 11.4 Å². The Hall–Kier alpha value is -3.02. The smallest absolute Gasteiger partial charge is 0.411 e. The number of aryl methyl sites for hydroxylation is 1. The lowest BCUT2D eigenvalue weighted by atomic mass is 10.1. The normalized spacial score (nSPS) is 11.3. The average Bonchev–Trinajstić information content (AvgIpc) is 2.61. The molecule has 0 spiro atoms. The van der Waals surface area contributed by atoms with E-state index in [4.69, 9.17) is 0 Å². The molecule has 0 radical (unpaired) electrons. The molecule has 2 aromatic rings. The van der Waals surface area contributed by atoms with Crippen LogP contribution in [0.25, 0.3) is 0 Å². The molecule has 6 heteroatoms. The average molecular weight is 341 g/mol. The standard InChI is InChI=1S/C19H23N3O3/c1-14(11-12-15-7-4-3-5-8-15)20-18(23)21-16-9-6-10-17(13-16)22-19(24)25-2/h3-10,13-14H,11-12H2,1-2H3,(H,22,24)(H2,20,21,23). The van der Waals surface area contributed by atoms with Gasteiger partial charge in [-0.15, -0.1) is 0 Å². The molecule has 1 atom stereocenters. The van der Waals surface area contributed by atoms with Crippen molar-refractivity contribution >= 4 is 23.5 Å². The number of carbonyl (C=O) groups excluding carboxylic acids is 2. The topological polar surface area (TPSA) is 79.5 Å². The van der Waals surface area contributed by atoms with Crippen molar-refractivity contribution in [1.82, 2.24) is 5.32 Å². The van der Waals surface area contributed by atoms with Crippen LogP contribution in [0.15, 0.2) is 54.6 Å². The maximum absolute atomic E-state index is 12.1. The highest BCUT2D eigenvalue weighted by molar-refractivity contribution is 5.91. The minimum absolute atomic E-state index is 0.0385. The van der Waals surface area contributed by atoms with E-state index in [0.717, 1.165) is 12.8 Å². The van der Waals surface area contributed by atoms with Gasteiger partial charge in [0.25, 0.3) is 0 Å². The van der Waals surface area contributed by atoms with Gasteiger partial charge in [-0.3, -0.25) is 5.32 Å². The molecular weight excluding hydrogens is 318 g/mol. The number of nitrogens with one attached hydrogen (secondary N) is 3. The molecule has 0 heterocycles. The van der Waals surface area contributed by atoms with Crippen LogP contribution in [-0.2, 0) is 11.2 Å². The molecule has 3 amide bonds. The second-order valence-electron chi connectivity index (χ2n) is 5.72. The molecule has 1 unspecified atom stereocenters. The summed E-state index contributed by atoms with van der Waals surface area (Å²) < 4.78 is 4.54. The lowest BCUT2D eigenvalue weighted by molar-refractivity contribution is 0.187.